The van der Waals surface area contributed by atoms with E-state index in [0.29, 0.717) is 10.8 Å². The summed E-state index contributed by atoms with van der Waals surface area (Å²) in [6, 6.07) is 8.70. The summed E-state index contributed by atoms with van der Waals surface area (Å²) in [4.78, 5) is 13.0. The summed E-state index contributed by atoms with van der Waals surface area (Å²) >= 11 is 6.19. The Hall–Kier alpha value is -2.65. The molecule has 10 heteroatoms. The van der Waals surface area contributed by atoms with Crippen molar-refractivity contribution in [2.45, 2.75) is 38.6 Å². The van der Waals surface area contributed by atoms with Gasteiger partial charge in [-0.2, -0.15) is 0 Å². The van der Waals surface area contributed by atoms with Crippen molar-refractivity contribution in [1.82, 2.24) is 5.32 Å². The fourth-order valence-electron chi connectivity index (χ4n) is 3.73. The van der Waals surface area contributed by atoms with Crippen LogP contribution in [0.4, 0.5) is 5.69 Å². The molecule has 0 radical (unpaired) electrons. The van der Waals surface area contributed by atoms with Gasteiger partial charge in [-0.3, -0.25) is 9.10 Å². The van der Waals surface area contributed by atoms with Gasteiger partial charge in [0.2, 0.25) is 5.91 Å². The molecule has 0 aliphatic rings. The molecule has 0 aliphatic carbocycles. The second kappa shape index (κ2) is 11.7. The van der Waals surface area contributed by atoms with Crippen LogP contribution in [0.2, 0.25) is 5.02 Å². The molecule has 2 aromatic rings. The molecule has 0 spiro atoms. The lowest BCUT2D eigenvalue weighted by atomic mass is 9.93. The number of ether oxygens (including phenoxy) is 3. The fraction of sp³-hybridized carbons (Fsp3) is 0.458. The Balaban J connectivity index is 2.60. The van der Waals surface area contributed by atoms with Gasteiger partial charge in [-0.15, -0.1) is 0 Å². The van der Waals surface area contributed by atoms with Gasteiger partial charge in [0.25, 0.3) is 10.0 Å². The first-order valence-corrected chi connectivity index (χ1v) is 12.7. The van der Waals surface area contributed by atoms with Crippen LogP contribution in [0, 0.1) is 11.8 Å². The van der Waals surface area contributed by atoms with Crippen LogP contribution in [-0.4, -0.2) is 48.2 Å². The standard InChI is InChI=1S/C24H33ClN2O6S/c1-15(2)24(16(3)4)26-23(28)14-27(19-12-17(25)8-10-20(19)31-5)34(29,30)18-9-11-21(32-6)22(13-18)33-7/h8-13,15-16,24H,14H2,1-7H3,(H,26,28). The van der Waals surface area contributed by atoms with Gasteiger partial charge in [-0.1, -0.05) is 39.3 Å². The summed E-state index contributed by atoms with van der Waals surface area (Å²) in [5.41, 5.74) is 0.144. The first-order chi connectivity index (χ1) is 16.0. The van der Waals surface area contributed by atoms with Crippen molar-refractivity contribution in [3.05, 3.63) is 41.4 Å². The van der Waals surface area contributed by atoms with E-state index < -0.39 is 22.5 Å². The Morgan fingerprint density at radius 3 is 2.00 bits per heavy atom. The SMILES string of the molecule is COc1ccc(S(=O)(=O)N(CC(=O)NC(C(C)C)C(C)C)c2cc(Cl)ccc2OC)cc1OC. The van der Waals surface area contributed by atoms with Gasteiger partial charge in [-0.05, 0) is 42.2 Å². The number of rotatable bonds is 11. The minimum absolute atomic E-state index is 0.0794. The highest BCUT2D eigenvalue weighted by atomic mass is 35.5. The topological polar surface area (TPSA) is 94.2 Å². The number of carbonyl (C=O) groups excluding carboxylic acids is 1. The van der Waals surface area contributed by atoms with E-state index in [-0.39, 0.29) is 40.0 Å². The first kappa shape index (κ1) is 27.6. The average Bonchev–Trinajstić information content (AvgIpc) is 2.79. The average molecular weight is 513 g/mol. The Bertz CT molecular complexity index is 1100. The third-order valence-corrected chi connectivity index (χ3v) is 7.39. The largest absolute Gasteiger partial charge is 0.495 e. The van der Waals surface area contributed by atoms with E-state index in [2.05, 4.69) is 5.32 Å². The zero-order valence-corrected chi connectivity index (χ0v) is 22.2. The second-order valence-corrected chi connectivity index (χ2v) is 10.7. The summed E-state index contributed by atoms with van der Waals surface area (Å²) in [7, 11) is 0.0560. The van der Waals surface area contributed by atoms with Crippen LogP contribution in [-0.2, 0) is 14.8 Å². The van der Waals surface area contributed by atoms with Crippen molar-refractivity contribution < 1.29 is 27.4 Å². The van der Waals surface area contributed by atoms with Gasteiger partial charge in [-0.25, -0.2) is 8.42 Å². The number of methoxy groups -OCH3 is 3. The molecule has 0 aromatic heterocycles. The number of halogens is 1. The van der Waals surface area contributed by atoms with Crippen LogP contribution >= 0.6 is 11.6 Å². The monoisotopic (exact) mass is 512 g/mol. The second-order valence-electron chi connectivity index (χ2n) is 8.43. The number of nitrogens with zero attached hydrogens (tertiary/aromatic N) is 1. The highest BCUT2D eigenvalue weighted by molar-refractivity contribution is 7.92. The van der Waals surface area contributed by atoms with Crippen LogP contribution in [0.5, 0.6) is 17.2 Å². The van der Waals surface area contributed by atoms with Crippen molar-refractivity contribution >= 4 is 33.2 Å². The van der Waals surface area contributed by atoms with Crippen molar-refractivity contribution in [2.24, 2.45) is 11.8 Å². The lowest BCUT2D eigenvalue weighted by molar-refractivity contribution is -0.121. The van der Waals surface area contributed by atoms with E-state index >= 15 is 0 Å². The van der Waals surface area contributed by atoms with Crippen LogP contribution < -0.4 is 23.8 Å². The number of amides is 1. The predicted octanol–water partition coefficient (Wildman–Crippen LogP) is 4.36. The third-order valence-electron chi connectivity index (χ3n) is 5.40. The molecule has 0 unspecified atom stereocenters. The molecule has 8 nitrogen and oxygen atoms in total. The molecular weight excluding hydrogens is 480 g/mol. The lowest BCUT2D eigenvalue weighted by Gasteiger charge is -2.29. The van der Waals surface area contributed by atoms with Crippen molar-refractivity contribution in [2.75, 3.05) is 32.2 Å². The van der Waals surface area contributed by atoms with Gasteiger partial charge in [0.05, 0.1) is 31.9 Å². The quantitative estimate of drug-likeness (QED) is 0.481. The van der Waals surface area contributed by atoms with Gasteiger partial charge in [0.1, 0.15) is 12.3 Å². The predicted molar refractivity (Wildman–Crippen MR) is 134 cm³/mol. The third kappa shape index (κ3) is 6.27. The summed E-state index contributed by atoms with van der Waals surface area (Å²) in [5.74, 6) is 0.763. The zero-order valence-electron chi connectivity index (χ0n) is 20.6. The van der Waals surface area contributed by atoms with Gasteiger partial charge < -0.3 is 19.5 Å². The number of anilines is 1. The van der Waals surface area contributed by atoms with E-state index in [9.17, 15) is 13.2 Å². The molecule has 34 heavy (non-hydrogen) atoms. The summed E-state index contributed by atoms with van der Waals surface area (Å²) in [6.07, 6.45) is 0. The van der Waals surface area contributed by atoms with Crippen LogP contribution in [0.25, 0.3) is 0 Å². The molecule has 2 aromatic carbocycles. The van der Waals surface area contributed by atoms with E-state index in [0.717, 1.165) is 4.31 Å². The summed E-state index contributed by atoms with van der Waals surface area (Å²) in [6.45, 7) is 7.54. The molecule has 0 saturated heterocycles. The highest BCUT2D eigenvalue weighted by Gasteiger charge is 2.32. The Kier molecular flexibility index (Phi) is 9.46. The zero-order chi connectivity index (χ0) is 25.6. The maximum absolute atomic E-state index is 13.8. The van der Waals surface area contributed by atoms with Gasteiger partial charge in [0, 0.05) is 17.1 Å². The van der Waals surface area contributed by atoms with Crippen LogP contribution in [0.1, 0.15) is 27.7 Å². The van der Waals surface area contributed by atoms with E-state index in [1.807, 2.05) is 27.7 Å². The number of hydrogen-bond acceptors (Lipinski definition) is 6. The molecule has 0 saturated carbocycles. The van der Waals surface area contributed by atoms with Crippen molar-refractivity contribution in [1.29, 1.82) is 0 Å². The number of nitrogens with one attached hydrogen (secondary N) is 1. The minimum atomic E-state index is -4.23. The summed E-state index contributed by atoms with van der Waals surface area (Å²) in [5, 5.41) is 3.27. The number of hydrogen-bond donors (Lipinski definition) is 1. The molecule has 1 N–H and O–H groups in total. The molecule has 0 fully saturated rings. The van der Waals surface area contributed by atoms with Gasteiger partial charge >= 0.3 is 0 Å². The summed E-state index contributed by atoms with van der Waals surface area (Å²) < 4.78 is 44.5. The minimum Gasteiger partial charge on any atom is -0.495 e. The van der Waals surface area contributed by atoms with E-state index in [1.54, 1.807) is 12.1 Å². The Morgan fingerprint density at radius 2 is 1.47 bits per heavy atom. The van der Waals surface area contributed by atoms with Crippen LogP contribution in [0.15, 0.2) is 41.3 Å². The van der Waals surface area contributed by atoms with Crippen LogP contribution in [0.3, 0.4) is 0 Å². The maximum Gasteiger partial charge on any atom is 0.265 e. The van der Waals surface area contributed by atoms with Crippen molar-refractivity contribution in [3.8, 4) is 17.2 Å². The number of carbonyl (C=O) groups is 1. The normalized spacial score (nSPS) is 11.6. The Morgan fingerprint density at radius 1 is 0.912 bits per heavy atom. The Labute approximate surface area is 207 Å². The molecule has 1 amide bonds. The fourth-order valence-corrected chi connectivity index (χ4v) is 5.33. The lowest BCUT2D eigenvalue weighted by Crippen LogP contribution is -2.48. The molecule has 2 rings (SSSR count). The molecule has 0 aliphatic heterocycles. The molecule has 0 atom stereocenters. The molecule has 0 heterocycles. The first-order valence-electron chi connectivity index (χ1n) is 10.8. The maximum atomic E-state index is 13.8. The molecular formula is C24H33ClN2O6S. The molecule has 0 bridgehead atoms. The molecule has 188 valence electrons. The van der Waals surface area contributed by atoms with E-state index in [4.69, 9.17) is 25.8 Å². The highest BCUT2D eigenvalue weighted by Crippen LogP contribution is 2.37. The smallest absolute Gasteiger partial charge is 0.265 e. The number of benzene rings is 2. The van der Waals surface area contributed by atoms with E-state index in [1.165, 1.54) is 45.6 Å². The number of sulfonamides is 1. The van der Waals surface area contributed by atoms with Gasteiger partial charge in [0.15, 0.2) is 11.5 Å². The van der Waals surface area contributed by atoms with Crippen molar-refractivity contribution in [3.63, 3.8) is 0 Å².